The van der Waals surface area contributed by atoms with Crippen LogP contribution in [0.1, 0.15) is 30.5 Å². The minimum Gasteiger partial charge on any atom is -0.370 e. The molecule has 6 nitrogen and oxygen atoms in total. The highest BCUT2D eigenvalue weighted by molar-refractivity contribution is 14.0. The van der Waals surface area contributed by atoms with Crippen molar-refractivity contribution in [1.82, 2.24) is 10.0 Å². The number of rotatable bonds is 9. The molecule has 0 aliphatic carbocycles. The molecule has 0 atom stereocenters. The monoisotopic (exact) mass is 516 g/mol. The zero-order valence-corrected chi connectivity index (χ0v) is 19.4. The van der Waals surface area contributed by atoms with E-state index < -0.39 is 10.0 Å². The smallest absolute Gasteiger partial charge is 0.216 e. The number of benzene rings is 2. The number of halogens is 1. The van der Waals surface area contributed by atoms with E-state index in [1.807, 2.05) is 42.5 Å². The van der Waals surface area contributed by atoms with Gasteiger partial charge in [-0.25, -0.2) is 18.1 Å². The van der Waals surface area contributed by atoms with Crippen LogP contribution in [-0.2, 0) is 28.7 Å². The Morgan fingerprint density at radius 3 is 2.29 bits per heavy atom. The van der Waals surface area contributed by atoms with Gasteiger partial charge in [-0.3, -0.25) is 0 Å². The van der Waals surface area contributed by atoms with Gasteiger partial charge in [0.25, 0.3) is 0 Å². The molecule has 4 N–H and O–H groups in total. The van der Waals surface area contributed by atoms with Crippen molar-refractivity contribution < 1.29 is 8.42 Å². The third-order valence-corrected chi connectivity index (χ3v) is 5.38. The fourth-order valence-electron chi connectivity index (χ4n) is 2.66. The first-order valence-corrected chi connectivity index (χ1v) is 10.7. The number of guanidine groups is 1. The van der Waals surface area contributed by atoms with Gasteiger partial charge in [-0.15, -0.1) is 24.0 Å². The second kappa shape index (κ2) is 12.0. The molecule has 0 fully saturated rings. The Morgan fingerprint density at radius 2 is 1.64 bits per heavy atom. The number of hydrogen-bond donors (Lipinski definition) is 3. The SMILES string of the molecule is CC(C)NS(=O)(=O)Cc1ccccc1CN=C(N)NCCc1ccccc1.I. The zero-order chi connectivity index (χ0) is 19.7. The average molecular weight is 516 g/mol. The first-order valence-electron chi connectivity index (χ1n) is 9.00. The summed E-state index contributed by atoms with van der Waals surface area (Å²) in [4.78, 5) is 4.35. The Hall–Kier alpha value is -1.65. The van der Waals surface area contributed by atoms with E-state index >= 15 is 0 Å². The molecule has 2 rings (SSSR count). The number of aliphatic imine (C=N–C) groups is 1. The molecule has 0 aliphatic rings. The van der Waals surface area contributed by atoms with Gasteiger partial charge in [-0.05, 0) is 37.0 Å². The van der Waals surface area contributed by atoms with Gasteiger partial charge in [-0.2, -0.15) is 0 Å². The van der Waals surface area contributed by atoms with Crippen molar-refractivity contribution in [1.29, 1.82) is 0 Å². The van der Waals surface area contributed by atoms with Crippen molar-refractivity contribution in [3.05, 3.63) is 71.3 Å². The Kier molecular flexibility index (Phi) is 10.5. The van der Waals surface area contributed by atoms with Gasteiger partial charge < -0.3 is 11.1 Å². The van der Waals surface area contributed by atoms with E-state index in [0.29, 0.717) is 19.0 Å². The molecule has 0 bridgehead atoms. The van der Waals surface area contributed by atoms with E-state index in [9.17, 15) is 8.42 Å². The Bertz CT molecular complexity index is 856. The van der Waals surface area contributed by atoms with Gasteiger partial charge in [0.15, 0.2) is 5.96 Å². The van der Waals surface area contributed by atoms with Crippen LogP contribution in [0, 0.1) is 0 Å². The maximum atomic E-state index is 12.2. The van der Waals surface area contributed by atoms with Crippen LogP contribution in [0.5, 0.6) is 0 Å². The number of nitrogens with one attached hydrogen (secondary N) is 2. The second-order valence-electron chi connectivity index (χ2n) is 6.66. The molecule has 8 heteroatoms. The van der Waals surface area contributed by atoms with Crippen LogP contribution in [-0.4, -0.2) is 27.0 Å². The van der Waals surface area contributed by atoms with Crippen LogP contribution in [0.4, 0.5) is 0 Å². The van der Waals surface area contributed by atoms with E-state index in [0.717, 1.165) is 17.5 Å². The van der Waals surface area contributed by atoms with E-state index in [1.165, 1.54) is 5.56 Å². The molecule has 0 aliphatic heterocycles. The topological polar surface area (TPSA) is 96.6 Å². The summed E-state index contributed by atoms with van der Waals surface area (Å²) in [7, 11) is -3.39. The van der Waals surface area contributed by atoms with Gasteiger partial charge >= 0.3 is 0 Å². The maximum absolute atomic E-state index is 12.2. The number of hydrogen-bond acceptors (Lipinski definition) is 3. The second-order valence-corrected chi connectivity index (χ2v) is 8.42. The third kappa shape index (κ3) is 9.03. The van der Waals surface area contributed by atoms with Crippen molar-refractivity contribution >= 4 is 40.0 Å². The minimum atomic E-state index is -3.39. The number of nitrogens with two attached hydrogens (primary N) is 1. The lowest BCUT2D eigenvalue weighted by atomic mass is 10.1. The lowest BCUT2D eigenvalue weighted by Gasteiger charge is -2.12. The van der Waals surface area contributed by atoms with Crippen LogP contribution < -0.4 is 15.8 Å². The van der Waals surface area contributed by atoms with Crippen LogP contribution in [0.15, 0.2) is 59.6 Å². The highest BCUT2D eigenvalue weighted by atomic mass is 127. The average Bonchev–Trinajstić information content (AvgIpc) is 2.60. The van der Waals surface area contributed by atoms with Crippen LogP contribution >= 0.6 is 24.0 Å². The Morgan fingerprint density at radius 1 is 1.04 bits per heavy atom. The molecule has 154 valence electrons. The summed E-state index contributed by atoms with van der Waals surface area (Å²) in [5, 5.41) is 3.09. The first-order chi connectivity index (χ1) is 12.9. The number of nitrogens with zero attached hydrogens (tertiary/aromatic N) is 1. The van der Waals surface area contributed by atoms with Gasteiger partial charge in [0.1, 0.15) is 0 Å². The summed E-state index contributed by atoms with van der Waals surface area (Å²) in [6, 6.07) is 17.4. The molecule has 0 amide bonds. The predicted molar refractivity (Wildman–Crippen MR) is 126 cm³/mol. The highest BCUT2D eigenvalue weighted by Gasteiger charge is 2.15. The summed E-state index contributed by atoms with van der Waals surface area (Å²) in [6.45, 7) is 4.62. The Labute approximate surface area is 185 Å². The first kappa shape index (κ1) is 24.4. The minimum absolute atomic E-state index is 0. The van der Waals surface area contributed by atoms with Crippen molar-refractivity contribution in [3.63, 3.8) is 0 Å². The van der Waals surface area contributed by atoms with Gasteiger partial charge in [0.2, 0.25) is 10.0 Å². The fourth-order valence-corrected chi connectivity index (χ4v) is 4.16. The summed E-state index contributed by atoms with van der Waals surface area (Å²) >= 11 is 0. The number of sulfonamides is 1. The molecule has 2 aromatic carbocycles. The van der Waals surface area contributed by atoms with E-state index in [4.69, 9.17) is 5.73 Å². The molecule has 0 radical (unpaired) electrons. The van der Waals surface area contributed by atoms with Crippen molar-refractivity contribution in [2.45, 2.75) is 38.6 Å². The predicted octanol–water partition coefficient (Wildman–Crippen LogP) is 2.78. The van der Waals surface area contributed by atoms with Crippen LogP contribution in [0.25, 0.3) is 0 Å². The van der Waals surface area contributed by atoms with E-state index in [1.54, 1.807) is 13.8 Å². The highest BCUT2D eigenvalue weighted by Crippen LogP contribution is 2.13. The van der Waals surface area contributed by atoms with Crippen molar-refractivity contribution in [2.24, 2.45) is 10.7 Å². The zero-order valence-electron chi connectivity index (χ0n) is 16.3. The normalized spacial score (nSPS) is 11.9. The Balaban J connectivity index is 0.00000392. The molecule has 2 aromatic rings. The molecule has 0 saturated heterocycles. The van der Waals surface area contributed by atoms with Crippen molar-refractivity contribution in [2.75, 3.05) is 6.54 Å². The quantitative estimate of drug-likeness (QED) is 0.271. The molecule has 28 heavy (non-hydrogen) atoms. The van der Waals surface area contributed by atoms with E-state index in [2.05, 4.69) is 27.2 Å². The fraction of sp³-hybridized carbons (Fsp3) is 0.350. The molecule has 0 unspecified atom stereocenters. The van der Waals surface area contributed by atoms with Crippen LogP contribution in [0.3, 0.4) is 0 Å². The largest absolute Gasteiger partial charge is 0.370 e. The molecule has 0 spiro atoms. The van der Waals surface area contributed by atoms with Crippen LogP contribution in [0.2, 0.25) is 0 Å². The lowest BCUT2D eigenvalue weighted by Crippen LogP contribution is -2.33. The van der Waals surface area contributed by atoms with Gasteiger partial charge in [0.05, 0.1) is 12.3 Å². The maximum Gasteiger partial charge on any atom is 0.216 e. The molecule has 0 aromatic heterocycles. The summed E-state index contributed by atoms with van der Waals surface area (Å²) < 4.78 is 27.0. The molecule has 0 saturated carbocycles. The van der Waals surface area contributed by atoms with E-state index in [-0.39, 0.29) is 35.8 Å². The summed E-state index contributed by atoms with van der Waals surface area (Å²) in [5.74, 6) is 0.280. The van der Waals surface area contributed by atoms with Gasteiger partial charge in [-0.1, -0.05) is 54.6 Å². The third-order valence-electron chi connectivity index (χ3n) is 3.86. The summed E-state index contributed by atoms with van der Waals surface area (Å²) in [6.07, 6.45) is 0.854. The molecule has 0 heterocycles. The molecular formula is C20H29IN4O2S. The molecular weight excluding hydrogens is 487 g/mol. The standard InChI is InChI=1S/C20H28N4O2S.HI/c1-16(2)24-27(25,26)15-19-11-7-6-10-18(19)14-23-20(21)22-13-12-17-8-4-3-5-9-17;/h3-11,16,24H,12-15H2,1-2H3,(H3,21,22,23);1H. The lowest BCUT2D eigenvalue weighted by molar-refractivity contribution is 0.569. The van der Waals surface area contributed by atoms with Crippen molar-refractivity contribution in [3.8, 4) is 0 Å². The summed E-state index contributed by atoms with van der Waals surface area (Å²) in [5.41, 5.74) is 8.74. The van der Waals surface area contributed by atoms with Gasteiger partial charge in [0, 0.05) is 12.6 Å².